The first kappa shape index (κ1) is 19.3. The number of hydrogen-bond acceptors (Lipinski definition) is 4. The predicted octanol–water partition coefficient (Wildman–Crippen LogP) is 3.87. The van der Waals surface area contributed by atoms with E-state index in [0.717, 1.165) is 16.8 Å². The summed E-state index contributed by atoms with van der Waals surface area (Å²) in [5.74, 6) is 0.343. The van der Waals surface area contributed by atoms with Crippen LogP contribution in [0.25, 0.3) is 28.2 Å². The molecule has 1 fully saturated rings. The van der Waals surface area contributed by atoms with Gasteiger partial charge in [-0.05, 0) is 36.6 Å². The molecule has 4 aromatic rings. The molecule has 0 radical (unpaired) electrons. The fourth-order valence-electron chi connectivity index (χ4n) is 3.81. The second-order valence-corrected chi connectivity index (χ2v) is 9.23. The Labute approximate surface area is 180 Å². The Morgan fingerprint density at radius 2 is 1.87 bits per heavy atom. The molecule has 0 bridgehead atoms. The van der Waals surface area contributed by atoms with Gasteiger partial charge in [-0.2, -0.15) is 5.10 Å². The Morgan fingerprint density at radius 1 is 1.20 bits per heavy atom. The van der Waals surface area contributed by atoms with Crippen molar-refractivity contribution in [2.24, 2.45) is 7.05 Å². The number of H-pyrrole nitrogens is 1. The fraction of sp³-hybridized carbons (Fsp3) is 0.300. The van der Waals surface area contributed by atoms with E-state index in [4.69, 9.17) is 23.2 Å². The molecule has 1 saturated carbocycles. The Balaban J connectivity index is 1.62. The molecule has 1 aromatic carbocycles. The number of fused-ring (bicyclic) bond motifs is 1. The molecule has 3 aromatic heterocycles. The van der Waals surface area contributed by atoms with Crippen LogP contribution in [-0.4, -0.2) is 33.9 Å². The molecule has 154 valence electrons. The molecule has 0 saturated heterocycles. The van der Waals surface area contributed by atoms with E-state index >= 15 is 0 Å². The van der Waals surface area contributed by atoms with E-state index in [1.165, 1.54) is 0 Å². The molecule has 5 rings (SSSR count). The van der Waals surface area contributed by atoms with E-state index in [1.807, 2.05) is 13.8 Å². The molecule has 30 heavy (non-hydrogen) atoms. The van der Waals surface area contributed by atoms with Gasteiger partial charge in [0.25, 0.3) is 5.56 Å². The number of nitrogens with zero attached hydrogens (tertiary/aromatic N) is 5. The lowest BCUT2D eigenvalue weighted by molar-refractivity contribution is 0.312. The topological polar surface area (TPSA) is 81.4 Å². The minimum absolute atomic E-state index is 0.0581. The number of halogens is 3. The molecule has 1 unspecified atom stereocenters. The monoisotopic (exact) mass is 446 g/mol. The maximum Gasteiger partial charge on any atom is 0.262 e. The summed E-state index contributed by atoms with van der Waals surface area (Å²) in [7, 11) is 1.78. The first-order chi connectivity index (χ1) is 14.1. The quantitative estimate of drug-likeness (QED) is 0.484. The van der Waals surface area contributed by atoms with Crippen LogP contribution in [0.2, 0.25) is 0 Å². The highest BCUT2D eigenvalue weighted by atomic mass is 35.5. The van der Waals surface area contributed by atoms with Gasteiger partial charge < -0.3 is 4.98 Å². The Kier molecular flexibility index (Phi) is 3.95. The van der Waals surface area contributed by atoms with E-state index in [9.17, 15) is 9.18 Å². The van der Waals surface area contributed by atoms with Gasteiger partial charge in [0.1, 0.15) is 11.1 Å². The summed E-state index contributed by atoms with van der Waals surface area (Å²) >= 11 is 12.0. The Morgan fingerprint density at radius 3 is 2.43 bits per heavy atom. The maximum atomic E-state index is 15.0. The van der Waals surface area contributed by atoms with Gasteiger partial charge in [0.05, 0.1) is 5.69 Å². The van der Waals surface area contributed by atoms with Crippen molar-refractivity contribution in [1.82, 2.24) is 29.5 Å². The van der Waals surface area contributed by atoms with Crippen LogP contribution in [0.1, 0.15) is 23.1 Å². The predicted molar refractivity (Wildman–Crippen MR) is 113 cm³/mol. The molecular weight excluding hydrogens is 430 g/mol. The minimum atomic E-state index is -1.75. The molecule has 1 aliphatic carbocycles. The van der Waals surface area contributed by atoms with Gasteiger partial charge in [-0.1, -0.05) is 35.3 Å². The summed E-state index contributed by atoms with van der Waals surface area (Å²) in [6.07, 6.45) is 3.44. The average Bonchev–Trinajstić information content (AvgIpc) is 3.02. The molecule has 0 spiro atoms. The van der Waals surface area contributed by atoms with Crippen molar-refractivity contribution in [3.05, 3.63) is 57.6 Å². The number of rotatable bonds is 3. The molecule has 7 nitrogen and oxygen atoms in total. The largest absolute Gasteiger partial charge is 0.304 e. The van der Waals surface area contributed by atoms with Gasteiger partial charge in [0.15, 0.2) is 21.5 Å². The van der Waals surface area contributed by atoms with E-state index in [0.29, 0.717) is 28.1 Å². The summed E-state index contributed by atoms with van der Waals surface area (Å²) < 4.78 is 16.8. The zero-order valence-corrected chi connectivity index (χ0v) is 17.9. The summed E-state index contributed by atoms with van der Waals surface area (Å²) in [6, 6.07) is 5.20. The molecule has 1 aliphatic rings. The fourth-order valence-corrected chi connectivity index (χ4v) is 4.40. The summed E-state index contributed by atoms with van der Waals surface area (Å²) in [4.78, 5) is 19.8. The van der Waals surface area contributed by atoms with E-state index < -0.39 is 10.0 Å². The zero-order valence-electron chi connectivity index (χ0n) is 16.4. The molecule has 3 heterocycles. The van der Waals surface area contributed by atoms with Gasteiger partial charge >= 0.3 is 0 Å². The SMILES string of the molecule is Cc1cc(C2(F)CC2(Cl)Cl)cc(C)c1-n1cc2c(=O)[nH]c(-c3ccn(C)n3)nc2n1. The first-order valence-corrected chi connectivity index (χ1v) is 10.0. The van der Waals surface area contributed by atoms with Crippen molar-refractivity contribution in [1.29, 1.82) is 0 Å². The van der Waals surface area contributed by atoms with E-state index in [1.54, 1.807) is 47.0 Å². The van der Waals surface area contributed by atoms with Crippen LogP contribution in [0.3, 0.4) is 0 Å². The van der Waals surface area contributed by atoms with Gasteiger partial charge in [0.2, 0.25) is 0 Å². The number of alkyl halides is 3. The van der Waals surface area contributed by atoms with Crippen molar-refractivity contribution in [3.63, 3.8) is 0 Å². The number of hydrogen-bond donors (Lipinski definition) is 1. The molecule has 0 aliphatic heterocycles. The molecule has 0 amide bonds. The van der Waals surface area contributed by atoms with Crippen LogP contribution < -0.4 is 5.56 Å². The second-order valence-electron chi connectivity index (χ2n) is 7.74. The van der Waals surface area contributed by atoms with Crippen LogP contribution in [-0.2, 0) is 12.7 Å². The summed E-state index contributed by atoms with van der Waals surface area (Å²) in [6.45, 7) is 3.70. The molecular formula is C20H17Cl2FN6O. The van der Waals surface area contributed by atoms with Crippen molar-refractivity contribution in [3.8, 4) is 17.2 Å². The highest BCUT2D eigenvalue weighted by molar-refractivity contribution is 6.52. The average molecular weight is 447 g/mol. The third-order valence-corrected chi connectivity index (χ3v) is 6.31. The Hall–Kier alpha value is -2.71. The van der Waals surface area contributed by atoms with Crippen LogP contribution >= 0.6 is 23.2 Å². The highest BCUT2D eigenvalue weighted by Crippen LogP contribution is 2.66. The normalized spacial score (nSPS) is 20.1. The van der Waals surface area contributed by atoms with Crippen molar-refractivity contribution in [2.45, 2.75) is 30.3 Å². The van der Waals surface area contributed by atoms with Crippen LogP contribution in [0, 0.1) is 13.8 Å². The van der Waals surface area contributed by atoms with Gasteiger partial charge in [-0.3, -0.25) is 9.48 Å². The van der Waals surface area contributed by atoms with E-state index in [-0.39, 0.29) is 12.0 Å². The maximum absolute atomic E-state index is 15.0. The smallest absolute Gasteiger partial charge is 0.262 e. The third kappa shape index (κ3) is 2.78. The third-order valence-electron chi connectivity index (χ3n) is 5.44. The Bertz CT molecular complexity index is 1360. The van der Waals surface area contributed by atoms with Gasteiger partial charge in [-0.15, -0.1) is 5.10 Å². The molecule has 10 heteroatoms. The van der Waals surface area contributed by atoms with Gasteiger partial charge in [-0.25, -0.2) is 14.1 Å². The highest BCUT2D eigenvalue weighted by Gasteiger charge is 2.69. The lowest BCUT2D eigenvalue weighted by Crippen LogP contribution is -2.10. The molecule has 1 N–H and O–H groups in total. The lowest BCUT2D eigenvalue weighted by atomic mass is 10.00. The van der Waals surface area contributed by atoms with Gasteiger partial charge in [0, 0.05) is 25.9 Å². The number of nitrogens with one attached hydrogen (secondary N) is 1. The number of benzene rings is 1. The minimum Gasteiger partial charge on any atom is -0.304 e. The lowest BCUT2D eigenvalue weighted by Gasteiger charge is -2.15. The van der Waals surface area contributed by atoms with Crippen molar-refractivity contribution >= 4 is 34.2 Å². The number of aromatic nitrogens is 6. The summed E-state index contributed by atoms with van der Waals surface area (Å²) in [5.41, 5.74) is 1.53. The number of aromatic amines is 1. The van der Waals surface area contributed by atoms with Crippen LogP contribution in [0.4, 0.5) is 4.39 Å². The van der Waals surface area contributed by atoms with Crippen molar-refractivity contribution < 1.29 is 4.39 Å². The van der Waals surface area contributed by atoms with E-state index in [2.05, 4.69) is 20.2 Å². The van der Waals surface area contributed by atoms with Crippen molar-refractivity contribution in [2.75, 3.05) is 0 Å². The standard InChI is InChI=1S/C20H17Cl2FN6O/c1-10-6-12(19(23)9-20(19,21)22)7-11(2)15(10)29-8-13-16(27-29)24-17(25-18(13)30)14-4-5-28(3)26-14/h4-8H,9H2,1-3H3,(H,24,25,27,30). The van der Waals surface area contributed by atoms with Crippen LogP contribution in [0.15, 0.2) is 35.4 Å². The second kappa shape index (κ2) is 6.15. The zero-order chi connectivity index (χ0) is 21.4. The molecule has 1 atom stereocenters. The van der Waals surface area contributed by atoms with Crippen LogP contribution in [0.5, 0.6) is 0 Å². The number of aryl methyl sites for hydroxylation is 3. The summed E-state index contributed by atoms with van der Waals surface area (Å²) in [5, 5.41) is 9.11. The first-order valence-electron chi connectivity index (χ1n) is 9.28.